The Labute approximate surface area is 265 Å². The van der Waals surface area contributed by atoms with Crippen LogP contribution in [-0.4, -0.2) is 16.1 Å². The first-order chi connectivity index (χ1) is 21.7. The van der Waals surface area contributed by atoms with Crippen molar-refractivity contribution < 1.29 is 0 Å². The van der Waals surface area contributed by atoms with Crippen LogP contribution in [0, 0.1) is 23.7 Å². The Hall–Kier alpha value is -3.18. The third-order valence-corrected chi connectivity index (χ3v) is 13.9. The zero-order chi connectivity index (χ0) is 29.5. The summed E-state index contributed by atoms with van der Waals surface area (Å²) < 4.78 is 0. The molecule has 0 spiro atoms. The Bertz CT molecular complexity index is 1670. The molecule has 0 saturated heterocycles. The molecule has 4 aliphatic carbocycles. The van der Waals surface area contributed by atoms with E-state index in [0.29, 0.717) is 0 Å². The van der Waals surface area contributed by atoms with E-state index in [1.807, 2.05) is 12.4 Å². The highest BCUT2D eigenvalue weighted by Gasteiger charge is 2.57. The highest BCUT2D eigenvalue weighted by atomic mass is 31.1. The second-order valence-corrected chi connectivity index (χ2v) is 16.1. The Balaban J connectivity index is 1.38. The maximum Gasteiger partial charge on any atom is 0.0348 e. The summed E-state index contributed by atoms with van der Waals surface area (Å²) in [4.78, 5) is 9.17. The van der Waals surface area contributed by atoms with E-state index in [0.717, 1.165) is 29.8 Å². The molecule has 4 fully saturated rings. The van der Waals surface area contributed by atoms with Gasteiger partial charge in [0.2, 0.25) is 0 Å². The molecule has 4 saturated carbocycles. The van der Waals surface area contributed by atoms with Crippen LogP contribution < -0.4 is 10.6 Å². The third-order valence-electron chi connectivity index (χ3n) is 11.0. The number of rotatable bonds is 8. The standard InChI is InChI=1S/C40H40N2P2/c43-26-39-32-18-28-17-29(19-32)23-40(39,22-28)38-21-37(31-11-5-2-6-12-31)36(30-9-3-1-4-10-30)20-33(38)27-44(34-13-7-15-41-24-34)35-14-8-16-42-25-35/h1-16,20-21,24-25,28-29,32,39H,17-19,22-23,26-27,43H2. The second kappa shape index (κ2) is 12.0. The van der Waals surface area contributed by atoms with E-state index in [9.17, 15) is 0 Å². The molecule has 44 heavy (non-hydrogen) atoms. The smallest absolute Gasteiger partial charge is 0.0348 e. The van der Waals surface area contributed by atoms with Gasteiger partial charge in [0.1, 0.15) is 0 Å². The van der Waals surface area contributed by atoms with Gasteiger partial charge in [-0.05, 0) is 144 Å². The van der Waals surface area contributed by atoms with E-state index in [1.54, 1.807) is 5.56 Å². The Morgan fingerprint density at radius 2 is 1.25 bits per heavy atom. The maximum atomic E-state index is 4.59. The maximum absolute atomic E-state index is 4.59. The van der Waals surface area contributed by atoms with Gasteiger partial charge in [-0.2, -0.15) is 0 Å². The van der Waals surface area contributed by atoms with Gasteiger partial charge in [0.25, 0.3) is 0 Å². The van der Waals surface area contributed by atoms with Crippen LogP contribution in [0.1, 0.15) is 43.2 Å². The fourth-order valence-electron chi connectivity index (χ4n) is 9.46. The third kappa shape index (κ3) is 5.05. The Morgan fingerprint density at radius 1 is 0.682 bits per heavy atom. The number of hydrogen-bond donors (Lipinski definition) is 0. The summed E-state index contributed by atoms with van der Waals surface area (Å²) in [6, 6.07) is 36.2. The van der Waals surface area contributed by atoms with Crippen molar-refractivity contribution in [1.29, 1.82) is 0 Å². The van der Waals surface area contributed by atoms with Gasteiger partial charge in [0.15, 0.2) is 0 Å². The fourth-order valence-corrected chi connectivity index (χ4v) is 12.5. The van der Waals surface area contributed by atoms with Crippen LogP contribution in [0.5, 0.6) is 0 Å². The lowest BCUT2D eigenvalue weighted by Gasteiger charge is -2.62. The average molecular weight is 611 g/mol. The predicted molar refractivity (Wildman–Crippen MR) is 189 cm³/mol. The van der Waals surface area contributed by atoms with Gasteiger partial charge in [-0.15, -0.1) is 9.24 Å². The summed E-state index contributed by atoms with van der Waals surface area (Å²) in [6.07, 6.45) is 17.2. The minimum Gasteiger partial charge on any atom is -0.264 e. The molecule has 4 aliphatic rings. The summed E-state index contributed by atoms with van der Waals surface area (Å²) in [5.74, 6) is 3.34. The first-order valence-corrected chi connectivity index (χ1v) is 18.6. The summed E-state index contributed by atoms with van der Waals surface area (Å²) in [5.41, 5.74) is 8.74. The lowest BCUT2D eigenvalue weighted by atomic mass is 9.43. The van der Waals surface area contributed by atoms with Gasteiger partial charge < -0.3 is 0 Å². The number of aromatic nitrogens is 2. The molecule has 2 nitrogen and oxygen atoms in total. The molecule has 0 amide bonds. The molecule has 3 aromatic carbocycles. The van der Waals surface area contributed by atoms with Crippen LogP contribution in [0.2, 0.25) is 0 Å². The minimum atomic E-state index is -0.679. The Morgan fingerprint density at radius 3 is 1.77 bits per heavy atom. The van der Waals surface area contributed by atoms with E-state index < -0.39 is 7.92 Å². The zero-order valence-corrected chi connectivity index (χ0v) is 27.3. The quantitative estimate of drug-likeness (QED) is 0.164. The van der Waals surface area contributed by atoms with Crippen molar-refractivity contribution in [3.63, 3.8) is 0 Å². The van der Waals surface area contributed by atoms with Crippen LogP contribution in [0.15, 0.2) is 122 Å². The van der Waals surface area contributed by atoms with E-state index in [1.165, 1.54) is 76.7 Å². The first-order valence-electron chi connectivity index (χ1n) is 16.3. The number of hydrogen-bond acceptors (Lipinski definition) is 2. The number of nitrogens with zero attached hydrogens (tertiary/aromatic N) is 2. The van der Waals surface area contributed by atoms with E-state index >= 15 is 0 Å². The largest absolute Gasteiger partial charge is 0.264 e. The lowest BCUT2D eigenvalue weighted by molar-refractivity contribution is -0.0520. The van der Waals surface area contributed by atoms with Crippen LogP contribution in [0.4, 0.5) is 0 Å². The fraction of sp³-hybridized carbons (Fsp3) is 0.300. The van der Waals surface area contributed by atoms with Gasteiger partial charge in [0, 0.05) is 30.9 Å². The molecule has 4 atom stereocenters. The lowest BCUT2D eigenvalue weighted by Crippen LogP contribution is -2.56. The zero-order valence-electron chi connectivity index (χ0n) is 25.2. The molecule has 2 aromatic heterocycles. The SMILES string of the molecule is PCC1C2CC3CC(C2)CC1(c1cc(-c2ccccc2)c(-c2ccccc2)cc1CP(c1cccnc1)c1cccnc1)C3. The van der Waals surface area contributed by atoms with Crippen molar-refractivity contribution in [3.05, 3.63) is 133 Å². The van der Waals surface area contributed by atoms with E-state index in [-0.39, 0.29) is 5.41 Å². The number of pyridine rings is 2. The van der Waals surface area contributed by atoms with Gasteiger partial charge in [-0.25, -0.2) is 0 Å². The molecule has 0 radical (unpaired) electrons. The molecular formula is C40H40N2P2. The van der Waals surface area contributed by atoms with E-state index in [2.05, 4.69) is 129 Å². The van der Waals surface area contributed by atoms with Crippen molar-refractivity contribution in [1.82, 2.24) is 9.97 Å². The molecule has 4 unspecified atom stereocenters. The van der Waals surface area contributed by atoms with Crippen LogP contribution in [-0.2, 0) is 11.6 Å². The van der Waals surface area contributed by atoms with Crippen LogP contribution in [0.25, 0.3) is 22.3 Å². The minimum absolute atomic E-state index is 0.245. The molecular weight excluding hydrogens is 570 g/mol. The Kier molecular flexibility index (Phi) is 7.70. The highest BCUT2D eigenvalue weighted by molar-refractivity contribution is 7.72. The highest BCUT2D eigenvalue weighted by Crippen LogP contribution is 2.65. The van der Waals surface area contributed by atoms with Gasteiger partial charge in [-0.1, -0.05) is 72.8 Å². The van der Waals surface area contributed by atoms with Crippen LogP contribution in [0.3, 0.4) is 0 Å². The second-order valence-electron chi connectivity index (χ2n) is 13.4. The van der Waals surface area contributed by atoms with Gasteiger partial charge in [-0.3, -0.25) is 9.97 Å². The topological polar surface area (TPSA) is 25.8 Å². The molecule has 0 aliphatic heterocycles. The van der Waals surface area contributed by atoms with Gasteiger partial charge in [0.05, 0.1) is 0 Å². The molecule has 4 heteroatoms. The molecule has 2 heterocycles. The first kappa shape index (κ1) is 28.3. The summed E-state index contributed by atoms with van der Waals surface area (Å²) >= 11 is 0. The molecule has 0 N–H and O–H groups in total. The normalized spacial score (nSPS) is 25.4. The predicted octanol–water partition coefficient (Wildman–Crippen LogP) is 9.01. The van der Waals surface area contributed by atoms with Gasteiger partial charge >= 0.3 is 0 Å². The summed E-state index contributed by atoms with van der Waals surface area (Å²) in [5, 5.41) is 2.64. The van der Waals surface area contributed by atoms with Crippen molar-refractivity contribution in [2.24, 2.45) is 23.7 Å². The molecule has 5 aromatic rings. The van der Waals surface area contributed by atoms with Crippen LogP contribution >= 0.6 is 17.2 Å². The van der Waals surface area contributed by atoms with Crippen molar-refractivity contribution in [2.75, 3.05) is 6.16 Å². The average Bonchev–Trinajstić information content (AvgIpc) is 3.08. The van der Waals surface area contributed by atoms with Crippen molar-refractivity contribution in [3.8, 4) is 22.3 Å². The summed E-state index contributed by atoms with van der Waals surface area (Å²) in [6.45, 7) is 0. The molecule has 4 bridgehead atoms. The number of benzene rings is 3. The monoisotopic (exact) mass is 610 g/mol. The summed E-state index contributed by atoms with van der Waals surface area (Å²) in [7, 11) is 2.51. The molecule has 9 rings (SSSR count). The van der Waals surface area contributed by atoms with Crippen molar-refractivity contribution >= 4 is 27.8 Å². The van der Waals surface area contributed by atoms with E-state index in [4.69, 9.17) is 0 Å². The molecule has 220 valence electrons. The van der Waals surface area contributed by atoms with Crippen molar-refractivity contribution in [2.45, 2.75) is 43.7 Å².